The van der Waals surface area contributed by atoms with E-state index in [-0.39, 0.29) is 10.8 Å². The fourth-order valence-electron chi connectivity index (χ4n) is 5.45. The van der Waals surface area contributed by atoms with Gasteiger partial charge in [-0.25, -0.2) is 0 Å². The van der Waals surface area contributed by atoms with Gasteiger partial charge in [-0.1, -0.05) is 91.0 Å². The minimum atomic E-state index is -1.39. The molecule has 0 unspecified atom stereocenters. The van der Waals surface area contributed by atoms with Crippen LogP contribution in [0.1, 0.15) is 61.1 Å². The van der Waals surface area contributed by atoms with Gasteiger partial charge in [0.25, 0.3) is 0 Å². The van der Waals surface area contributed by atoms with Gasteiger partial charge in [-0.2, -0.15) is 0 Å². The molecule has 0 aromatic heterocycles. The average molecular weight is 481 g/mol. The van der Waals surface area contributed by atoms with E-state index in [4.69, 9.17) is 0 Å². The normalized spacial score (nSPS) is 20.1. The van der Waals surface area contributed by atoms with Crippen LogP contribution in [0.2, 0.25) is 39.3 Å². The second kappa shape index (κ2) is 8.15. The topological polar surface area (TPSA) is 0 Å². The Balaban J connectivity index is 1.85. The summed E-state index contributed by atoms with van der Waals surface area (Å²) in [6.45, 7) is 23.5. The second-order valence-electron chi connectivity index (χ2n) is 13.6. The lowest BCUT2D eigenvalue weighted by atomic mass is 9.74. The van der Waals surface area contributed by atoms with Crippen LogP contribution in [0.5, 0.6) is 0 Å². The van der Waals surface area contributed by atoms with E-state index in [1.165, 1.54) is 44.5 Å². The van der Waals surface area contributed by atoms with E-state index < -0.39 is 16.1 Å². The zero-order valence-electron chi connectivity index (χ0n) is 22.9. The van der Waals surface area contributed by atoms with Crippen molar-refractivity contribution in [1.29, 1.82) is 0 Å². The number of rotatable bonds is 0. The van der Waals surface area contributed by atoms with Gasteiger partial charge in [-0.05, 0) is 81.3 Å². The molecule has 2 aromatic rings. The quantitative estimate of drug-likeness (QED) is 0.263. The first-order valence-electron chi connectivity index (χ1n) is 12.6. The predicted octanol–water partition coefficient (Wildman–Crippen LogP) is 8.22. The lowest BCUT2D eigenvalue weighted by molar-refractivity contribution is 0.495. The van der Waals surface area contributed by atoms with Crippen molar-refractivity contribution in [3.05, 3.63) is 69.8 Å². The molecule has 0 radical (unpaired) electrons. The van der Waals surface area contributed by atoms with Gasteiger partial charge < -0.3 is 0 Å². The Kier molecular flexibility index (Phi) is 5.96. The highest BCUT2D eigenvalue weighted by Crippen LogP contribution is 2.57. The van der Waals surface area contributed by atoms with E-state index in [2.05, 4.69) is 126 Å². The smallest absolute Gasteiger partial charge is 0.127 e. The Bertz CT molecular complexity index is 1210. The molecule has 4 rings (SSSR count). The van der Waals surface area contributed by atoms with Crippen molar-refractivity contribution in [3.63, 3.8) is 0 Å². The summed E-state index contributed by atoms with van der Waals surface area (Å²) in [5.74, 6) is 6.94. The van der Waals surface area contributed by atoms with Crippen LogP contribution in [0.4, 0.5) is 0 Å². The third kappa shape index (κ3) is 5.05. The van der Waals surface area contributed by atoms with Crippen LogP contribution in [-0.2, 0) is 12.8 Å². The molecule has 2 aliphatic rings. The molecular formula is C32H40Si2. The highest BCUT2D eigenvalue weighted by molar-refractivity contribution is 6.84. The van der Waals surface area contributed by atoms with Gasteiger partial charge >= 0.3 is 0 Å². The molecule has 0 heterocycles. The van der Waals surface area contributed by atoms with Crippen LogP contribution in [0.15, 0.2) is 36.4 Å². The summed E-state index contributed by atoms with van der Waals surface area (Å²) in [5.41, 5.74) is 18.5. The summed E-state index contributed by atoms with van der Waals surface area (Å²) in [6.07, 6.45) is 2.16. The van der Waals surface area contributed by atoms with Crippen molar-refractivity contribution in [1.82, 2.24) is 0 Å². The van der Waals surface area contributed by atoms with E-state index in [9.17, 15) is 0 Å². The average Bonchev–Trinajstić information content (AvgIpc) is 3.09. The first-order valence-corrected chi connectivity index (χ1v) is 19.6. The minimum absolute atomic E-state index is 0.109. The molecule has 2 aromatic carbocycles. The van der Waals surface area contributed by atoms with Crippen molar-refractivity contribution >= 4 is 27.3 Å². The summed E-state index contributed by atoms with van der Waals surface area (Å²) >= 11 is 0. The lowest BCUT2D eigenvalue weighted by Gasteiger charge is -2.30. The highest BCUT2D eigenvalue weighted by Gasteiger charge is 2.43. The van der Waals surface area contributed by atoms with Gasteiger partial charge in [-0.3, -0.25) is 0 Å². The molecular weight excluding hydrogens is 441 g/mol. The van der Waals surface area contributed by atoms with E-state index >= 15 is 0 Å². The van der Waals surface area contributed by atoms with Gasteiger partial charge in [0.1, 0.15) is 16.1 Å². The first-order chi connectivity index (χ1) is 15.6. The molecule has 0 atom stereocenters. The van der Waals surface area contributed by atoms with Crippen molar-refractivity contribution in [2.75, 3.05) is 0 Å². The number of hydrogen-bond donors (Lipinski definition) is 0. The van der Waals surface area contributed by atoms with Crippen LogP contribution in [0.25, 0.3) is 11.1 Å². The van der Waals surface area contributed by atoms with Crippen molar-refractivity contribution in [2.45, 2.75) is 79.8 Å². The molecule has 0 amide bonds. The van der Waals surface area contributed by atoms with Crippen LogP contribution in [-0.4, -0.2) is 16.1 Å². The summed E-state index contributed by atoms with van der Waals surface area (Å²) in [7, 11) is -2.77. The maximum absolute atomic E-state index is 3.54. The van der Waals surface area contributed by atoms with E-state index in [1.807, 2.05) is 0 Å². The van der Waals surface area contributed by atoms with Crippen LogP contribution in [0.3, 0.4) is 0 Å². The Morgan fingerprint density at radius 2 is 0.941 bits per heavy atom. The largest absolute Gasteiger partial charge is 0.129 e. The Morgan fingerprint density at radius 1 is 0.588 bits per heavy atom. The monoisotopic (exact) mass is 480 g/mol. The van der Waals surface area contributed by atoms with Crippen molar-refractivity contribution < 1.29 is 0 Å². The Morgan fingerprint density at radius 3 is 1.26 bits per heavy atom. The molecule has 0 fully saturated rings. The second-order valence-corrected chi connectivity index (χ2v) is 23.1. The van der Waals surface area contributed by atoms with Gasteiger partial charge in [0.15, 0.2) is 0 Å². The van der Waals surface area contributed by atoms with Gasteiger partial charge in [-0.15, -0.1) is 11.1 Å². The third-order valence-corrected chi connectivity index (χ3v) is 8.53. The molecule has 0 bridgehead atoms. The van der Waals surface area contributed by atoms with Crippen LogP contribution < -0.4 is 0 Å². The molecule has 0 N–H and O–H groups in total. The maximum atomic E-state index is 3.54. The summed E-state index contributed by atoms with van der Waals surface area (Å²) in [5, 5.41) is 0. The zero-order valence-corrected chi connectivity index (χ0v) is 24.9. The Hall–Kier alpha value is -2.27. The molecule has 0 nitrogen and oxygen atoms in total. The fourth-order valence-corrected chi connectivity index (χ4v) is 6.49. The molecule has 34 heavy (non-hydrogen) atoms. The molecule has 2 aliphatic carbocycles. The lowest BCUT2D eigenvalue weighted by Crippen LogP contribution is -2.17. The molecule has 0 spiro atoms. The van der Waals surface area contributed by atoms with Crippen molar-refractivity contribution in [3.8, 4) is 22.9 Å². The van der Waals surface area contributed by atoms with Crippen LogP contribution >= 0.6 is 0 Å². The Labute approximate surface area is 210 Å². The minimum Gasteiger partial charge on any atom is -0.127 e. The SMILES string of the molecule is CC1(C)Cc2cc(C#C[Si](C)(C)C)ccc2/C1=C1/c2ccc(C#C[Si](C)(C)C)cc2CC1(C)C. The maximum Gasteiger partial charge on any atom is 0.129 e. The summed E-state index contributed by atoms with van der Waals surface area (Å²) < 4.78 is 0. The predicted molar refractivity (Wildman–Crippen MR) is 155 cm³/mol. The third-order valence-electron chi connectivity index (χ3n) is 6.78. The molecule has 0 saturated carbocycles. The van der Waals surface area contributed by atoms with Gasteiger partial charge in [0, 0.05) is 11.1 Å². The zero-order chi connectivity index (χ0) is 25.1. The first kappa shape index (κ1) is 24.8. The molecule has 2 heteroatoms. The molecule has 0 aliphatic heterocycles. The highest BCUT2D eigenvalue weighted by atomic mass is 28.3. The number of benzene rings is 2. The van der Waals surface area contributed by atoms with Gasteiger partial charge in [0.05, 0.1) is 0 Å². The van der Waals surface area contributed by atoms with E-state index in [0.29, 0.717) is 0 Å². The number of allylic oxidation sites excluding steroid dienone is 2. The van der Waals surface area contributed by atoms with E-state index in [1.54, 1.807) is 0 Å². The summed E-state index contributed by atoms with van der Waals surface area (Å²) in [6, 6.07) is 13.9. The van der Waals surface area contributed by atoms with E-state index in [0.717, 1.165) is 12.8 Å². The van der Waals surface area contributed by atoms with Crippen LogP contribution in [0, 0.1) is 33.8 Å². The standard InChI is InChI=1S/C32H40Si2/c1-31(2)21-25-19-23(15-17-33(5,6)7)11-13-27(25)29(31)30-28-14-12-24(16-18-34(8,9)10)20-26(28)22-32(30,3)4/h11-14,19-20H,21-22H2,1-10H3/b30-29+. The summed E-state index contributed by atoms with van der Waals surface area (Å²) in [4.78, 5) is 0. The molecule has 176 valence electrons. The van der Waals surface area contributed by atoms with Gasteiger partial charge in [0.2, 0.25) is 0 Å². The van der Waals surface area contributed by atoms with Crippen molar-refractivity contribution in [2.24, 2.45) is 10.8 Å². The number of fused-ring (bicyclic) bond motifs is 2. The molecule has 0 saturated heterocycles. The fraction of sp³-hybridized carbons (Fsp3) is 0.438. The number of hydrogen-bond acceptors (Lipinski definition) is 0.